The van der Waals surface area contributed by atoms with Crippen LogP contribution < -0.4 is 10.1 Å². The summed E-state index contributed by atoms with van der Waals surface area (Å²) in [4.78, 5) is 2.48. The molecule has 106 valence electrons. The second kappa shape index (κ2) is 7.48. The first kappa shape index (κ1) is 14.3. The Balaban J connectivity index is 1.80. The van der Waals surface area contributed by atoms with Crippen molar-refractivity contribution in [3.05, 3.63) is 29.8 Å². The van der Waals surface area contributed by atoms with Crippen LogP contribution in [-0.2, 0) is 11.2 Å². The topological polar surface area (TPSA) is 33.7 Å². The summed E-state index contributed by atoms with van der Waals surface area (Å²) < 4.78 is 11.0. The molecule has 0 bridgehead atoms. The number of nitrogens with zero attached hydrogens (tertiary/aromatic N) is 1. The summed E-state index contributed by atoms with van der Waals surface area (Å²) in [6.07, 6.45) is 1.38. The van der Waals surface area contributed by atoms with Gasteiger partial charge in [0.05, 0.1) is 19.8 Å². The van der Waals surface area contributed by atoms with Crippen LogP contribution in [0.15, 0.2) is 24.3 Å². The van der Waals surface area contributed by atoms with E-state index in [-0.39, 0.29) is 0 Å². The quantitative estimate of drug-likeness (QED) is 0.836. The van der Waals surface area contributed by atoms with Gasteiger partial charge in [-0.25, -0.2) is 0 Å². The van der Waals surface area contributed by atoms with E-state index in [0.717, 1.165) is 45.0 Å². The van der Waals surface area contributed by atoms with E-state index in [2.05, 4.69) is 28.4 Å². The van der Waals surface area contributed by atoms with Crippen molar-refractivity contribution in [2.75, 3.05) is 46.9 Å². The van der Waals surface area contributed by atoms with E-state index in [4.69, 9.17) is 9.47 Å². The van der Waals surface area contributed by atoms with Crippen molar-refractivity contribution in [3.8, 4) is 5.75 Å². The highest BCUT2D eigenvalue weighted by atomic mass is 16.5. The second-order valence-electron chi connectivity index (χ2n) is 4.95. The molecule has 4 nitrogen and oxygen atoms in total. The smallest absolute Gasteiger partial charge is 0.119 e. The standard InChI is InChI=1S/C15H24N2O2/c1-16-11-15-12-17(8-9-19-15)7-6-13-4-3-5-14(10-13)18-2/h3-5,10,15-16H,6-9,11-12H2,1-2H3. The van der Waals surface area contributed by atoms with Gasteiger partial charge in [-0.15, -0.1) is 0 Å². The molecule has 0 spiro atoms. The van der Waals surface area contributed by atoms with Gasteiger partial charge in [0.15, 0.2) is 0 Å². The Kier molecular flexibility index (Phi) is 5.63. The molecular weight excluding hydrogens is 240 g/mol. The predicted octanol–water partition coefficient (Wildman–Crippen LogP) is 1.16. The summed E-state index contributed by atoms with van der Waals surface area (Å²) in [6, 6.07) is 8.32. The van der Waals surface area contributed by atoms with Crippen molar-refractivity contribution in [2.24, 2.45) is 0 Å². The SMILES string of the molecule is CNCC1CN(CCc2cccc(OC)c2)CCO1. The zero-order valence-corrected chi connectivity index (χ0v) is 11.9. The molecule has 2 rings (SSSR count). The zero-order valence-electron chi connectivity index (χ0n) is 11.9. The Morgan fingerprint density at radius 1 is 1.47 bits per heavy atom. The lowest BCUT2D eigenvalue weighted by Crippen LogP contribution is -2.46. The molecule has 0 radical (unpaired) electrons. The van der Waals surface area contributed by atoms with Gasteiger partial charge < -0.3 is 14.8 Å². The molecule has 1 fully saturated rings. The predicted molar refractivity (Wildman–Crippen MR) is 76.8 cm³/mol. The van der Waals surface area contributed by atoms with Gasteiger partial charge in [-0.05, 0) is 31.2 Å². The van der Waals surface area contributed by atoms with E-state index in [1.807, 2.05) is 13.1 Å². The highest BCUT2D eigenvalue weighted by Gasteiger charge is 2.19. The number of nitrogens with one attached hydrogen (secondary N) is 1. The maximum atomic E-state index is 5.71. The molecule has 0 amide bonds. The molecule has 1 atom stereocenters. The first-order chi connectivity index (χ1) is 9.31. The van der Waals surface area contributed by atoms with E-state index in [1.165, 1.54) is 5.56 Å². The molecule has 19 heavy (non-hydrogen) atoms. The number of rotatable bonds is 6. The zero-order chi connectivity index (χ0) is 13.5. The Morgan fingerprint density at radius 3 is 3.16 bits per heavy atom. The van der Waals surface area contributed by atoms with Gasteiger partial charge in [0.2, 0.25) is 0 Å². The third-order valence-electron chi connectivity index (χ3n) is 3.51. The molecule has 1 aromatic rings. The van der Waals surface area contributed by atoms with Crippen LogP contribution in [0.25, 0.3) is 0 Å². The fraction of sp³-hybridized carbons (Fsp3) is 0.600. The van der Waals surface area contributed by atoms with Crippen LogP contribution in [0.1, 0.15) is 5.56 Å². The number of morpholine rings is 1. The van der Waals surface area contributed by atoms with Crippen molar-refractivity contribution >= 4 is 0 Å². The van der Waals surface area contributed by atoms with Gasteiger partial charge in [0.1, 0.15) is 5.75 Å². The summed E-state index contributed by atoms with van der Waals surface area (Å²) in [5.74, 6) is 0.938. The van der Waals surface area contributed by atoms with E-state index < -0.39 is 0 Å². The fourth-order valence-electron chi connectivity index (χ4n) is 2.45. The first-order valence-corrected chi connectivity index (χ1v) is 6.93. The number of benzene rings is 1. The summed E-state index contributed by atoms with van der Waals surface area (Å²) in [6.45, 7) is 4.89. The molecule has 0 aliphatic carbocycles. The summed E-state index contributed by atoms with van der Waals surface area (Å²) >= 11 is 0. The lowest BCUT2D eigenvalue weighted by atomic mass is 10.1. The van der Waals surface area contributed by atoms with Crippen LogP contribution in [0, 0.1) is 0 Å². The second-order valence-corrected chi connectivity index (χ2v) is 4.95. The molecular formula is C15H24N2O2. The Hall–Kier alpha value is -1.10. The third kappa shape index (κ3) is 4.49. The molecule has 1 heterocycles. The number of likely N-dealkylation sites (N-methyl/N-ethyl adjacent to an activating group) is 1. The minimum absolute atomic E-state index is 0.323. The van der Waals surface area contributed by atoms with Crippen molar-refractivity contribution < 1.29 is 9.47 Å². The van der Waals surface area contributed by atoms with Crippen LogP contribution in [0.4, 0.5) is 0 Å². The summed E-state index contributed by atoms with van der Waals surface area (Å²) in [5, 5.41) is 3.18. The Morgan fingerprint density at radius 2 is 2.37 bits per heavy atom. The minimum Gasteiger partial charge on any atom is -0.497 e. The highest BCUT2D eigenvalue weighted by molar-refractivity contribution is 5.28. The number of methoxy groups -OCH3 is 1. The average Bonchev–Trinajstić information content (AvgIpc) is 2.46. The van der Waals surface area contributed by atoms with Gasteiger partial charge >= 0.3 is 0 Å². The number of ether oxygens (including phenoxy) is 2. The molecule has 0 saturated carbocycles. The summed E-state index contributed by atoms with van der Waals surface area (Å²) in [5.41, 5.74) is 1.33. The van der Waals surface area contributed by atoms with Crippen LogP contribution in [0.3, 0.4) is 0 Å². The molecule has 1 unspecified atom stereocenters. The monoisotopic (exact) mass is 264 g/mol. The van der Waals surface area contributed by atoms with Crippen molar-refractivity contribution in [1.29, 1.82) is 0 Å². The van der Waals surface area contributed by atoms with Crippen LogP contribution in [-0.4, -0.2) is 57.9 Å². The maximum absolute atomic E-state index is 5.71. The lowest BCUT2D eigenvalue weighted by Gasteiger charge is -2.32. The van der Waals surface area contributed by atoms with Crippen LogP contribution in [0.5, 0.6) is 5.75 Å². The molecule has 1 saturated heterocycles. The minimum atomic E-state index is 0.323. The van der Waals surface area contributed by atoms with E-state index in [1.54, 1.807) is 7.11 Å². The lowest BCUT2D eigenvalue weighted by molar-refractivity contribution is -0.0258. The normalized spacial score (nSPS) is 20.4. The van der Waals surface area contributed by atoms with Gasteiger partial charge in [-0.3, -0.25) is 4.90 Å². The van der Waals surface area contributed by atoms with Gasteiger partial charge in [0.25, 0.3) is 0 Å². The van der Waals surface area contributed by atoms with E-state index >= 15 is 0 Å². The van der Waals surface area contributed by atoms with Gasteiger partial charge in [0, 0.05) is 26.2 Å². The highest BCUT2D eigenvalue weighted by Crippen LogP contribution is 2.14. The Bertz CT molecular complexity index is 382. The largest absolute Gasteiger partial charge is 0.497 e. The van der Waals surface area contributed by atoms with Crippen molar-refractivity contribution in [2.45, 2.75) is 12.5 Å². The fourth-order valence-corrected chi connectivity index (χ4v) is 2.45. The summed E-state index contributed by atoms with van der Waals surface area (Å²) in [7, 11) is 3.68. The van der Waals surface area contributed by atoms with Crippen LogP contribution >= 0.6 is 0 Å². The van der Waals surface area contributed by atoms with Crippen LogP contribution in [0.2, 0.25) is 0 Å². The van der Waals surface area contributed by atoms with Gasteiger partial charge in [-0.2, -0.15) is 0 Å². The molecule has 1 aromatic carbocycles. The van der Waals surface area contributed by atoms with E-state index in [9.17, 15) is 0 Å². The number of hydrogen-bond donors (Lipinski definition) is 1. The Labute approximate surface area is 115 Å². The molecule has 1 aliphatic heterocycles. The van der Waals surface area contributed by atoms with Gasteiger partial charge in [-0.1, -0.05) is 12.1 Å². The molecule has 1 N–H and O–H groups in total. The van der Waals surface area contributed by atoms with E-state index in [0.29, 0.717) is 6.10 Å². The molecule has 0 aromatic heterocycles. The first-order valence-electron chi connectivity index (χ1n) is 6.93. The molecule has 4 heteroatoms. The van der Waals surface area contributed by atoms with Crippen molar-refractivity contribution in [3.63, 3.8) is 0 Å². The molecule has 1 aliphatic rings. The maximum Gasteiger partial charge on any atom is 0.119 e. The third-order valence-corrected chi connectivity index (χ3v) is 3.51. The number of hydrogen-bond acceptors (Lipinski definition) is 4. The average molecular weight is 264 g/mol. The van der Waals surface area contributed by atoms with Crippen molar-refractivity contribution in [1.82, 2.24) is 10.2 Å².